The van der Waals surface area contributed by atoms with Crippen molar-refractivity contribution in [3.8, 4) is 11.5 Å². The predicted molar refractivity (Wildman–Crippen MR) is 92.7 cm³/mol. The van der Waals surface area contributed by atoms with Crippen molar-refractivity contribution in [1.82, 2.24) is 4.90 Å². The van der Waals surface area contributed by atoms with Crippen molar-refractivity contribution in [2.75, 3.05) is 25.3 Å². The van der Waals surface area contributed by atoms with Crippen molar-refractivity contribution < 1.29 is 19.1 Å². The van der Waals surface area contributed by atoms with Gasteiger partial charge in [0.2, 0.25) is 18.6 Å². The lowest BCUT2D eigenvalue weighted by atomic mass is 9.93. The molecule has 0 spiro atoms. The van der Waals surface area contributed by atoms with Gasteiger partial charge in [-0.25, -0.2) is 0 Å². The second-order valence-electron chi connectivity index (χ2n) is 7.18. The lowest BCUT2D eigenvalue weighted by Gasteiger charge is -2.32. The Morgan fingerprint density at radius 1 is 1.16 bits per heavy atom. The second kappa shape index (κ2) is 6.58. The van der Waals surface area contributed by atoms with E-state index < -0.39 is 0 Å². The Balaban J connectivity index is 1.45. The van der Waals surface area contributed by atoms with Gasteiger partial charge >= 0.3 is 0 Å². The first-order valence-corrected chi connectivity index (χ1v) is 9.10. The minimum Gasteiger partial charge on any atom is -0.454 e. The average molecular weight is 344 g/mol. The molecule has 1 saturated carbocycles. The third kappa shape index (κ3) is 3.05. The largest absolute Gasteiger partial charge is 0.454 e. The van der Waals surface area contributed by atoms with Crippen LogP contribution in [0.1, 0.15) is 38.5 Å². The van der Waals surface area contributed by atoms with Gasteiger partial charge in [-0.1, -0.05) is 19.3 Å². The predicted octanol–water partition coefficient (Wildman–Crippen LogP) is 2.56. The molecule has 1 aromatic rings. The zero-order valence-electron chi connectivity index (χ0n) is 14.6. The number of carbonyl (C=O) groups excluding carboxylic acids is 2. The molecule has 4 rings (SSSR count). The maximum Gasteiger partial charge on any atom is 0.231 e. The molecule has 2 amide bonds. The Hall–Kier alpha value is -2.24. The molecule has 3 aliphatic rings. The molecule has 134 valence electrons. The van der Waals surface area contributed by atoms with Crippen molar-refractivity contribution in [1.29, 1.82) is 0 Å². The van der Waals surface area contributed by atoms with E-state index in [4.69, 9.17) is 9.47 Å². The van der Waals surface area contributed by atoms with Gasteiger partial charge in [-0.3, -0.25) is 9.59 Å². The Morgan fingerprint density at radius 2 is 1.92 bits per heavy atom. The fourth-order valence-electron chi connectivity index (χ4n) is 4.11. The van der Waals surface area contributed by atoms with Crippen molar-refractivity contribution in [3.63, 3.8) is 0 Å². The van der Waals surface area contributed by atoms with Gasteiger partial charge in [-0.15, -0.1) is 0 Å². The standard InChI is InChI=1S/C19H24N2O4/c1-20(14-5-3-2-4-6-14)19(23)13-9-18(22)21(11-13)15-7-8-16-17(10-15)25-12-24-16/h7-8,10,13-14H,2-6,9,11-12H2,1H3/t13-/m1/s1. The van der Waals surface area contributed by atoms with Crippen molar-refractivity contribution in [2.45, 2.75) is 44.6 Å². The molecule has 1 saturated heterocycles. The van der Waals surface area contributed by atoms with Crippen LogP contribution in [0.5, 0.6) is 11.5 Å². The smallest absolute Gasteiger partial charge is 0.231 e. The number of amides is 2. The molecule has 0 N–H and O–H groups in total. The Labute approximate surface area is 147 Å². The number of benzene rings is 1. The molecule has 25 heavy (non-hydrogen) atoms. The highest BCUT2D eigenvalue weighted by Gasteiger charge is 2.38. The van der Waals surface area contributed by atoms with Crippen molar-refractivity contribution >= 4 is 17.5 Å². The van der Waals surface area contributed by atoms with Gasteiger partial charge in [0.05, 0.1) is 5.92 Å². The van der Waals surface area contributed by atoms with Gasteiger partial charge in [0.15, 0.2) is 11.5 Å². The highest BCUT2D eigenvalue weighted by atomic mass is 16.7. The van der Waals surface area contributed by atoms with Crippen LogP contribution in [0.4, 0.5) is 5.69 Å². The van der Waals surface area contributed by atoms with Gasteiger partial charge in [0, 0.05) is 37.8 Å². The van der Waals surface area contributed by atoms with Gasteiger partial charge in [-0.2, -0.15) is 0 Å². The molecule has 0 aromatic heterocycles. The van der Waals surface area contributed by atoms with Crippen LogP contribution in [-0.2, 0) is 9.59 Å². The molecule has 1 atom stereocenters. The highest BCUT2D eigenvalue weighted by molar-refractivity contribution is 6.00. The summed E-state index contributed by atoms with van der Waals surface area (Å²) in [4.78, 5) is 28.9. The zero-order valence-corrected chi connectivity index (χ0v) is 14.6. The van der Waals surface area contributed by atoms with Crippen LogP contribution in [0.3, 0.4) is 0 Å². The van der Waals surface area contributed by atoms with E-state index in [2.05, 4.69) is 0 Å². The summed E-state index contributed by atoms with van der Waals surface area (Å²) in [7, 11) is 1.89. The third-order valence-electron chi connectivity index (χ3n) is 5.61. The van der Waals surface area contributed by atoms with Crippen LogP contribution in [0.15, 0.2) is 18.2 Å². The molecule has 6 nitrogen and oxygen atoms in total. The SMILES string of the molecule is CN(C(=O)[C@@H]1CC(=O)N(c2ccc3c(c2)OCO3)C1)C1CCCCC1. The topological polar surface area (TPSA) is 59.1 Å². The fraction of sp³-hybridized carbons (Fsp3) is 0.579. The lowest BCUT2D eigenvalue weighted by molar-refractivity contribution is -0.137. The van der Waals surface area contributed by atoms with Crippen molar-refractivity contribution in [2.24, 2.45) is 5.92 Å². The first kappa shape index (κ1) is 16.2. The van der Waals surface area contributed by atoms with Crippen LogP contribution in [-0.4, -0.2) is 43.1 Å². The zero-order chi connectivity index (χ0) is 17.4. The second-order valence-corrected chi connectivity index (χ2v) is 7.18. The van der Waals surface area contributed by atoms with E-state index in [-0.39, 0.29) is 30.9 Å². The van der Waals surface area contributed by atoms with E-state index in [1.165, 1.54) is 19.3 Å². The van der Waals surface area contributed by atoms with Gasteiger partial charge < -0.3 is 19.3 Å². The number of carbonyl (C=O) groups is 2. The summed E-state index contributed by atoms with van der Waals surface area (Å²) in [6.07, 6.45) is 6.08. The molecule has 1 aliphatic carbocycles. The summed E-state index contributed by atoms with van der Waals surface area (Å²) in [6.45, 7) is 0.647. The van der Waals surface area contributed by atoms with Crippen LogP contribution in [0.2, 0.25) is 0 Å². The number of anilines is 1. The number of hydrogen-bond donors (Lipinski definition) is 0. The number of ether oxygens (including phenoxy) is 2. The monoisotopic (exact) mass is 344 g/mol. The van der Waals surface area contributed by atoms with Crippen LogP contribution >= 0.6 is 0 Å². The van der Waals surface area contributed by atoms with E-state index in [1.54, 1.807) is 4.90 Å². The third-order valence-corrected chi connectivity index (χ3v) is 5.61. The molecule has 2 heterocycles. The van der Waals surface area contributed by atoms with E-state index in [0.29, 0.717) is 24.1 Å². The van der Waals surface area contributed by atoms with Gasteiger partial charge in [0.1, 0.15) is 0 Å². The summed E-state index contributed by atoms with van der Waals surface area (Å²) in [6, 6.07) is 5.81. The van der Waals surface area contributed by atoms with Crippen molar-refractivity contribution in [3.05, 3.63) is 18.2 Å². The number of hydrogen-bond acceptors (Lipinski definition) is 4. The summed E-state index contributed by atoms with van der Waals surface area (Å²) in [5.74, 6) is 1.18. The van der Waals surface area contributed by atoms with E-state index in [9.17, 15) is 9.59 Å². The maximum atomic E-state index is 12.9. The van der Waals surface area contributed by atoms with Crippen LogP contribution < -0.4 is 14.4 Å². The minimum atomic E-state index is -0.259. The number of rotatable bonds is 3. The number of fused-ring (bicyclic) bond motifs is 1. The lowest BCUT2D eigenvalue weighted by Crippen LogP contribution is -2.42. The molecule has 0 radical (unpaired) electrons. The summed E-state index contributed by atoms with van der Waals surface area (Å²) in [5, 5.41) is 0. The highest BCUT2D eigenvalue weighted by Crippen LogP contribution is 2.37. The first-order chi connectivity index (χ1) is 12.1. The normalized spacial score (nSPS) is 23.2. The molecule has 1 aromatic carbocycles. The van der Waals surface area contributed by atoms with Gasteiger partial charge in [-0.05, 0) is 25.0 Å². The molecular formula is C19H24N2O4. The molecule has 6 heteroatoms. The Morgan fingerprint density at radius 3 is 2.72 bits per heavy atom. The molecule has 2 fully saturated rings. The quantitative estimate of drug-likeness (QED) is 0.846. The molecular weight excluding hydrogens is 320 g/mol. The van der Waals surface area contributed by atoms with Gasteiger partial charge in [0.25, 0.3) is 0 Å². The fourth-order valence-corrected chi connectivity index (χ4v) is 4.11. The Bertz CT molecular complexity index is 684. The summed E-state index contributed by atoms with van der Waals surface area (Å²) < 4.78 is 10.7. The Kier molecular flexibility index (Phi) is 4.27. The maximum absolute atomic E-state index is 12.9. The van der Waals surface area contributed by atoms with Crippen LogP contribution in [0.25, 0.3) is 0 Å². The molecule has 0 unspecified atom stereocenters. The molecule has 2 aliphatic heterocycles. The summed E-state index contributed by atoms with van der Waals surface area (Å²) in [5.41, 5.74) is 0.768. The summed E-state index contributed by atoms with van der Waals surface area (Å²) >= 11 is 0. The van der Waals surface area contributed by atoms with E-state index in [1.807, 2.05) is 30.1 Å². The molecule has 0 bridgehead atoms. The van der Waals surface area contributed by atoms with E-state index in [0.717, 1.165) is 18.5 Å². The first-order valence-electron chi connectivity index (χ1n) is 9.10. The minimum absolute atomic E-state index is 0.00532. The average Bonchev–Trinajstić information content (AvgIpc) is 3.26. The number of nitrogens with zero attached hydrogens (tertiary/aromatic N) is 2. The van der Waals surface area contributed by atoms with E-state index >= 15 is 0 Å². The van der Waals surface area contributed by atoms with Crippen LogP contribution in [0, 0.1) is 5.92 Å².